The lowest BCUT2D eigenvalue weighted by Crippen LogP contribution is -1.97. The maximum absolute atomic E-state index is 5.03. The van der Waals surface area contributed by atoms with E-state index in [2.05, 4.69) is 199 Å². The fourth-order valence-corrected chi connectivity index (χ4v) is 8.42. The Labute approximate surface area is 319 Å². The molecular formula is C53H32N2. The van der Waals surface area contributed by atoms with E-state index in [0.717, 1.165) is 33.7 Å². The van der Waals surface area contributed by atoms with Gasteiger partial charge >= 0.3 is 0 Å². The standard InChI is InChI=1S/C53H32N2/c1-2-16-44(17-3-1)55-50-21-11-10-20-49(50)54-53(55)38-26-22-37(23-27-38)41-30-31-47-48(34-41)52(43-29-25-36-13-5-7-15-40(36)33-43)46-19-9-8-18-45(46)51(47)42-28-24-35-12-4-6-14-39(35)32-42/h1-9,11-19,21-34H. The van der Waals surface area contributed by atoms with Gasteiger partial charge in [-0.3, -0.25) is 4.57 Å². The quantitative estimate of drug-likeness (QED) is 0.164. The van der Waals surface area contributed by atoms with Gasteiger partial charge in [0, 0.05) is 11.3 Å². The topological polar surface area (TPSA) is 17.8 Å². The van der Waals surface area contributed by atoms with Crippen LogP contribution in [0.1, 0.15) is 0 Å². The number of fused-ring (bicyclic) bond motifs is 5. The highest BCUT2D eigenvalue weighted by Crippen LogP contribution is 2.46. The number of para-hydroxylation sites is 1. The Morgan fingerprint density at radius 1 is 0.382 bits per heavy atom. The number of hydrogen-bond donors (Lipinski definition) is 0. The van der Waals surface area contributed by atoms with E-state index in [1.54, 1.807) is 0 Å². The van der Waals surface area contributed by atoms with E-state index in [-0.39, 0.29) is 0 Å². The summed E-state index contributed by atoms with van der Waals surface area (Å²) in [6.45, 7) is 0. The van der Waals surface area contributed by atoms with Crippen molar-refractivity contribution in [1.29, 1.82) is 0 Å². The van der Waals surface area contributed by atoms with Crippen molar-refractivity contribution >= 4 is 54.1 Å². The van der Waals surface area contributed by atoms with Crippen LogP contribution in [0.15, 0.2) is 194 Å². The van der Waals surface area contributed by atoms with Crippen molar-refractivity contribution in [3.05, 3.63) is 206 Å². The van der Waals surface area contributed by atoms with E-state index in [1.165, 1.54) is 70.9 Å². The normalized spacial score (nSPS) is 11.5. The monoisotopic (exact) mass is 696 g/mol. The van der Waals surface area contributed by atoms with Crippen molar-refractivity contribution in [3.63, 3.8) is 0 Å². The average Bonchev–Trinajstić information content (AvgIpc) is 3.65. The molecule has 2 heteroatoms. The Kier molecular flexibility index (Phi) is 7.12. The molecule has 254 valence electrons. The molecule has 0 unspecified atom stereocenters. The first-order chi connectivity index (χ1) is 27.3. The molecule has 0 saturated carbocycles. The molecule has 0 N–H and O–H groups in total. The van der Waals surface area contributed by atoms with Gasteiger partial charge in [0.15, 0.2) is 0 Å². The van der Waals surface area contributed by atoms with Crippen LogP contribution in [0.4, 0.5) is 0 Å². The first-order valence-corrected chi connectivity index (χ1v) is 18.7. The Bertz CT molecular complexity index is 3240. The Morgan fingerprint density at radius 3 is 1.58 bits per heavy atom. The molecule has 1 heterocycles. The number of nitrogens with zero attached hydrogens (tertiary/aromatic N) is 2. The molecule has 55 heavy (non-hydrogen) atoms. The van der Waals surface area contributed by atoms with Gasteiger partial charge in [-0.25, -0.2) is 4.98 Å². The molecule has 0 aliphatic rings. The summed E-state index contributed by atoms with van der Waals surface area (Å²) in [4.78, 5) is 5.03. The zero-order valence-electron chi connectivity index (χ0n) is 29.9. The highest BCUT2D eigenvalue weighted by atomic mass is 15.1. The molecule has 11 aromatic rings. The summed E-state index contributed by atoms with van der Waals surface area (Å²) in [6.07, 6.45) is 0. The van der Waals surface area contributed by atoms with E-state index in [0.29, 0.717) is 0 Å². The van der Waals surface area contributed by atoms with Crippen LogP contribution in [0.2, 0.25) is 0 Å². The molecule has 0 bridgehead atoms. The number of hydrogen-bond acceptors (Lipinski definition) is 1. The minimum absolute atomic E-state index is 0.802. The number of imidazole rings is 1. The largest absolute Gasteiger partial charge is 0.292 e. The molecule has 0 fully saturated rings. The molecule has 0 amide bonds. The third-order valence-electron chi connectivity index (χ3n) is 11.0. The molecule has 1 aromatic heterocycles. The lowest BCUT2D eigenvalue weighted by molar-refractivity contribution is 1.10. The van der Waals surface area contributed by atoms with Crippen LogP contribution in [0, 0.1) is 12.1 Å². The zero-order valence-corrected chi connectivity index (χ0v) is 29.9. The second kappa shape index (κ2) is 12.6. The van der Waals surface area contributed by atoms with Crippen LogP contribution >= 0.6 is 0 Å². The van der Waals surface area contributed by atoms with Crippen LogP contribution in [-0.4, -0.2) is 9.55 Å². The van der Waals surface area contributed by atoms with Gasteiger partial charge in [0.2, 0.25) is 0 Å². The third-order valence-corrected chi connectivity index (χ3v) is 11.0. The summed E-state index contributed by atoms with van der Waals surface area (Å²) < 4.78 is 2.21. The summed E-state index contributed by atoms with van der Waals surface area (Å²) in [5.74, 6) is 0.882. The average molecular weight is 697 g/mol. The zero-order chi connectivity index (χ0) is 36.3. The molecule has 0 aliphatic heterocycles. The molecule has 0 atom stereocenters. The Morgan fingerprint density at radius 2 is 0.909 bits per heavy atom. The van der Waals surface area contributed by atoms with Crippen molar-refractivity contribution in [2.24, 2.45) is 0 Å². The van der Waals surface area contributed by atoms with Gasteiger partial charge < -0.3 is 0 Å². The fourth-order valence-electron chi connectivity index (χ4n) is 8.42. The van der Waals surface area contributed by atoms with Crippen molar-refractivity contribution < 1.29 is 0 Å². The summed E-state index contributed by atoms with van der Waals surface area (Å²) in [5, 5.41) is 9.93. The highest BCUT2D eigenvalue weighted by molar-refractivity contribution is 6.22. The predicted octanol–water partition coefficient (Wildman–Crippen LogP) is 13.9. The SMILES string of the molecule is c1ccc2c(c#1)nc(-c1ccc(-c3ccc4c(-c5ccc6ccccc6c5)c5ccccc5c(-c5ccc6ccccc6c5)c4c3)cc1)n2-c1ccccc1. The lowest BCUT2D eigenvalue weighted by Gasteiger charge is -2.19. The second-order valence-corrected chi connectivity index (χ2v) is 14.2. The molecule has 0 spiro atoms. The van der Waals surface area contributed by atoms with Gasteiger partial charge in [0.25, 0.3) is 0 Å². The van der Waals surface area contributed by atoms with Gasteiger partial charge in [-0.2, -0.15) is 0 Å². The van der Waals surface area contributed by atoms with Crippen molar-refractivity contribution in [2.45, 2.75) is 0 Å². The molecule has 0 radical (unpaired) electrons. The second-order valence-electron chi connectivity index (χ2n) is 14.2. The molecule has 11 rings (SSSR count). The number of aromatic nitrogens is 2. The molecule has 10 aromatic carbocycles. The van der Waals surface area contributed by atoms with Crippen LogP contribution in [0.3, 0.4) is 0 Å². The lowest BCUT2D eigenvalue weighted by atomic mass is 9.84. The summed E-state index contributed by atoms with van der Waals surface area (Å²) >= 11 is 0. The van der Waals surface area contributed by atoms with Crippen LogP contribution < -0.4 is 0 Å². The summed E-state index contributed by atoms with van der Waals surface area (Å²) in [7, 11) is 0. The minimum Gasteiger partial charge on any atom is -0.292 e. The van der Waals surface area contributed by atoms with E-state index < -0.39 is 0 Å². The van der Waals surface area contributed by atoms with Crippen LogP contribution in [0.5, 0.6) is 0 Å². The Hall–Kier alpha value is -7.47. The van der Waals surface area contributed by atoms with Crippen LogP contribution in [0.25, 0.3) is 105 Å². The van der Waals surface area contributed by atoms with E-state index in [4.69, 9.17) is 4.98 Å². The van der Waals surface area contributed by atoms with Crippen molar-refractivity contribution in [3.8, 4) is 50.5 Å². The highest BCUT2D eigenvalue weighted by Gasteiger charge is 2.19. The maximum Gasteiger partial charge on any atom is 0.146 e. The smallest absolute Gasteiger partial charge is 0.146 e. The van der Waals surface area contributed by atoms with Gasteiger partial charge in [-0.15, -0.1) is 0 Å². The minimum atomic E-state index is 0.802. The third kappa shape index (κ3) is 5.17. The molecule has 2 nitrogen and oxygen atoms in total. The van der Waals surface area contributed by atoms with Gasteiger partial charge in [0.1, 0.15) is 11.3 Å². The van der Waals surface area contributed by atoms with Crippen molar-refractivity contribution in [2.75, 3.05) is 0 Å². The molecule has 0 saturated heterocycles. The van der Waals surface area contributed by atoms with Gasteiger partial charge in [-0.1, -0.05) is 158 Å². The van der Waals surface area contributed by atoms with Gasteiger partial charge in [0.05, 0.1) is 5.52 Å². The fraction of sp³-hybridized carbons (Fsp3) is 0. The Balaban J connectivity index is 1.12. The molecule has 0 aliphatic carbocycles. The van der Waals surface area contributed by atoms with Crippen LogP contribution in [-0.2, 0) is 0 Å². The van der Waals surface area contributed by atoms with Gasteiger partial charge in [-0.05, 0) is 125 Å². The van der Waals surface area contributed by atoms with E-state index in [9.17, 15) is 0 Å². The predicted molar refractivity (Wildman–Crippen MR) is 231 cm³/mol. The van der Waals surface area contributed by atoms with E-state index in [1.807, 2.05) is 12.1 Å². The first-order valence-electron chi connectivity index (χ1n) is 18.7. The maximum atomic E-state index is 5.03. The first kappa shape index (κ1) is 31.1. The summed E-state index contributed by atoms with van der Waals surface area (Å²) in [6, 6.07) is 76.4. The molecular weight excluding hydrogens is 665 g/mol. The summed E-state index contributed by atoms with van der Waals surface area (Å²) in [5.41, 5.74) is 11.2. The number of rotatable bonds is 5. The number of benzene rings is 9. The van der Waals surface area contributed by atoms with E-state index >= 15 is 0 Å². The van der Waals surface area contributed by atoms with Crippen molar-refractivity contribution in [1.82, 2.24) is 9.55 Å².